The number of hydrogen-bond donors (Lipinski definition) is 1. The molecule has 0 saturated carbocycles. The Hall–Kier alpha value is -3.00. The molecular weight excluding hydrogens is 504 g/mol. The van der Waals surface area contributed by atoms with Gasteiger partial charge in [-0.2, -0.15) is 5.10 Å². The van der Waals surface area contributed by atoms with Crippen LogP contribution in [0.1, 0.15) is 33.3 Å². The molecule has 2 aromatic carbocycles. The fraction of sp³-hybridized carbons (Fsp3) is 0.167. The van der Waals surface area contributed by atoms with Gasteiger partial charge in [-0.3, -0.25) is 9.48 Å². The number of furan rings is 1. The third kappa shape index (κ3) is 5.22. The van der Waals surface area contributed by atoms with Crippen molar-refractivity contribution in [2.45, 2.75) is 27.0 Å². The van der Waals surface area contributed by atoms with Crippen LogP contribution in [-0.2, 0) is 13.2 Å². The van der Waals surface area contributed by atoms with Crippen LogP contribution in [0, 0.1) is 19.7 Å². The molecule has 0 aliphatic heterocycles. The number of nitrogens with zero attached hydrogens (tertiary/aromatic N) is 2. The molecule has 1 amide bonds. The molecule has 0 unspecified atom stereocenters. The molecule has 0 spiro atoms. The van der Waals surface area contributed by atoms with Gasteiger partial charge in [0.05, 0.1) is 33.7 Å². The van der Waals surface area contributed by atoms with E-state index < -0.39 is 5.91 Å². The zero-order valence-electron chi connectivity index (χ0n) is 18.2. The van der Waals surface area contributed by atoms with E-state index in [1.165, 1.54) is 24.3 Å². The predicted molar refractivity (Wildman–Crippen MR) is 130 cm³/mol. The average molecular weight is 523 g/mol. The third-order valence-corrected chi connectivity index (χ3v) is 5.88. The smallest absolute Gasteiger partial charge is 0.291 e. The SMILES string of the molecule is Cc1nn(Cc2ccccc2F)c(C)c1NC(=O)c1ccc(COc2c(Cl)cc(Cl)cc2Cl)o1. The van der Waals surface area contributed by atoms with Gasteiger partial charge >= 0.3 is 0 Å². The molecule has 2 aromatic heterocycles. The molecule has 0 atom stereocenters. The largest absolute Gasteiger partial charge is 0.483 e. The third-order valence-electron chi connectivity index (χ3n) is 5.11. The van der Waals surface area contributed by atoms with Crippen molar-refractivity contribution in [3.8, 4) is 5.75 Å². The summed E-state index contributed by atoms with van der Waals surface area (Å²) in [6.07, 6.45) is 0. The fourth-order valence-corrected chi connectivity index (χ4v) is 4.31. The van der Waals surface area contributed by atoms with Crippen molar-refractivity contribution < 1.29 is 18.3 Å². The number of benzene rings is 2. The highest BCUT2D eigenvalue weighted by atomic mass is 35.5. The number of carbonyl (C=O) groups excluding carboxylic acids is 1. The molecule has 176 valence electrons. The number of aryl methyl sites for hydroxylation is 1. The minimum absolute atomic E-state index is 0.00692. The second-order valence-electron chi connectivity index (χ2n) is 7.50. The van der Waals surface area contributed by atoms with Gasteiger partial charge in [-0.15, -0.1) is 0 Å². The van der Waals surface area contributed by atoms with Crippen molar-refractivity contribution >= 4 is 46.4 Å². The summed E-state index contributed by atoms with van der Waals surface area (Å²) in [5.74, 6) is -0.00951. The zero-order chi connectivity index (χ0) is 24.4. The summed E-state index contributed by atoms with van der Waals surface area (Å²) in [5.41, 5.74) is 2.33. The van der Waals surface area contributed by atoms with Crippen molar-refractivity contribution in [3.63, 3.8) is 0 Å². The van der Waals surface area contributed by atoms with Crippen LogP contribution in [0.4, 0.5) is 10.1 Å². The summed E-state index contributed by atoms with van der Waals surface area (Å²) in [6.45, 7) is 3.82. The predicted octanol–water partition coefficient (Wildman–Crippen LogP) is 7.07. The topological polar surface area (TPSA) is 69.3 Å². The van der Waals surface area contributed by atoms with Gasteiger partial charge in [0.15, 0.2) is 11.5 Å². The summed E-state index contributed by atoms with van der Waals surface area (Å²) in [6, 6.07) is 12.7. The normalized spacial score (nSPS) is 11.0. The Labute approximate surface area is 210 Å². The van der Waals surface area contributed by atoms with Crippen LogP contribution in [0.2, 0.25) is 15.1 Å². The van der Waals surface area contributed by atoms with Crippen LogP contribution < -0.4 is 10.1 Å². The van der Waals surface area contributed by atoms with Crippen LogP contribution in [0.25, 0.3) is 0 Å². The van der Waals surface area contributed by atoms with E-state index in [1.807, 2.05) is 0 Å². The molecule has 4 aromatic rings. The van der Waals surface area contributed by atoms with Crippen LogP contribution in [-0.4, -0.2) is 15.7 Å². The van der Waals surface area contributed by atoms with E-state index in [4.69, 9.17) is 44.0 Å². The van der Waals surface area contributed by atoms with Crippen LogP contribution in [0.15, 0.2) is 52.9 Å². The molecule has 0 aliphatic carbocycles. The Balaban J connectivity index is 1.44. The Bertz CT molecular complexity index is 1340. The fourth-order valence-electron chi connectivity index (χ4n) is 3.38. The molecule has 34 heavy (non-hydrogen) atoms. The summed E-state index contributed by atoms with van der Waals surface area (Å²) in [5, 5.41) is 8.17. The quantitative estimate of drug-likeness (QED) is 0.282. The highest BCUT2D eigenvalue weighted by molar-refractivity contribution is 6.40. The van der Waals surface area contributed by atoms with Crippen LogP contribution >= 0.6 is 34.8 Å². The van der Waals surface area contributed by atoms with E-state index in [1.54, 1.807) is 42.8 Å². The molecule has 2 heterocycles. The van der Waals surface area contributed by atoms with Gasteiger partial charge in [-0.1, -0.05) is 53.0 Å². The lowest BCUT2D eigenvalue weighted by molar-refractivity contribution is 0.0992. The lowest BCUT2D eigenvalue weighted by Gasteiger charge is -2.09. The first kappa shape index (κ1) is 24.1. The molecule has 0 saturated heterocycles. The number of amides is 1. The minimum atomic E-state index is -0.453. The number of rotatable bonds is 7. The van der Waals surface area contributed by atoms with E-state index >= 15 is 0 Å². The van der Waals surface area contributed by atoms with Crippen molar-refractivity contribution in [1.82, 2.24) is 9.78 Å². The first-order chi connectivity index (χ1) is 16.2. The second-order valence-corrected chi connectivity index (χ2v) is 8.75. The lowest BCUT2D eigenvalue weighted by Crippen LogP contribution is -2.12. The van der Waals surface area contributed by atoms with Gasteiger partial charge in [0.1, 0.15) is 18.2 Å². The molecule has 1 N–H and O–H groups in total. The van der Waals surface area contributed by atoms with Crippen LogP contribution in [0.5, 0.6) is 5.75 Å². The van der Waals surface area contributed by atoms with E-state index in [0.717, 1.165) is 0 Å². The van der Waals surface area contributed by atoms with Gasteiger partial charge < -0.3 is 14.5 Å². The Morgan fingerprint density at radius 3 is 2.53 bits per heavy atom. The molecular formula is C24H19Cl3FN3O3. The second kappa shape index (κ2) is 10.1. The van der Waals surface area contributed by atoms with Crippen molar-refractivity contribution in [3.05, 3.63) is 97.9 Å². The molecule has 10 heteroatoms. The monoisotopic (exact) mass is 521 g/mol. The molecule has 0 aliphatic rings. The number of hydrogen-bond acceptors (Lipinski definition) is 4. The Kier molecular flexibility index (Phi) is 7.16. The highest BCUT2D eigenvalue weighted by Gasteiger charge is 2.19. The molecule has 0 bridgehead atoms. The highest BCUT2D eigenvalue weighted by Crippen LogP contribution is 2.36. The molecule has 0 radical (unpaired) electrons. The lowest BCUT2D eigenvalue weighted by atomic mass is 10.2. The summed E-state index contributed by atoms with van der Waals surface area (Å²) in [7, 11) is 0. The number of halogens is 4. The summed E-state index contributed by atoms with van der Waals surface area (Å²) < 4.78 is 26.9. The van der Waals surface area contributed by atoms with Crippen molar-refractivity contribution in [1.29, 1.82) is 0 Å². The zero-order valence-corrected chi connectivity index (χ0v) is 20.4. The van der Waals surface area contributed by atoms with Gasteiger partial charge in [0.2, 0.25) is 0 Å². The average Bonchev–Trinajstić information content (AvgIpc) is 3.35. The standard InChI is InChI=1S/C24H19Cl3FN3O3/c1-13-22(14(2)31(30-13)11-15-5-3-4-6-20(15)28)29-24(32)21-8-7-17(34-21)12-33-23-18(26)9-16(25)10-19(23)27/h3-10H,11-12H2,1-2H3,(H,29,32). The van der Waals surface area contributed by atoms with Crippen LogP contribution in [0.3, 0.4) is 0 Å². The maximum atomic E-state index is 14.0. The molecule has 4 rings (SSSR count). The molecule has 0 fully saturated rings. The van der Waals surface area contributed by atoms with Gasteiger partial charge in [-0.25, -0.2) is 4.39 Å². The van der Waals surface area contributed by atoms with Gasteiger partial charge in [0.25, 0.3) is 5.91 Å². The summed E-state index contributed by atoms with van der Waals surface area (Å²) >= 11 is 18.1. The van der Waals surface area contributed by atoms with E-state index in [2.05, 4.69) is 10.4 Å². The van der Waals surface area contributed by atoms with E-state index in [0.29, 0.717) is 33.4 Å². The number of carbonyl (C=O) groups is 1. The maximum absolute atomic E-state index is 14.0. The van der Waals surface area contributed by atoms with E-state index in [-0.39, 0.29) is 40.5 Å². The minimum Gasteiger partial charge on any atom is -0.483 e. The Morgan fingerprint density at radius 2 is 1.82 bits per heavy atom. The number of aromatic nitrogens is 2. The van der Waals surface area contributed by atoms with Crippen molar-refractivity contribution in [2.75, 3.05) is 5.32 Å². The Morgan fingerprint density at radius 1 is 1.12 bits per heavy atom. The first-order valence-corrected chi connectivity index (χ1v) is 11.3. The number of anilines is 1. The van der Waals surface area contributed by atoms with Gasteiger partial charge in [-0.05, 0) is 44.2 Å². The summed E-state index contributed by atoms with van der Waals surface area (Å²) in [4.78, 5) is 12.8. The molecule has 6 nitrogen and oxygen atoms in total. The number of ether oxygens (including phenoxy) is 1. The van der Waals surface area contributed by atoms with Gasteiger partial charge in [0, 0.05) is 10.6 Å². The first-order valence-electron chi connectivity index (χ1n) is 10.2. The van der Waals surface area contributed by atoms with Crippen molar-refractivity contribution in [2.24, 2.45) is 0 Å². The maximum Gasteiger partial charge on any atom is 0.291 e. The number of nitrogens with one attached hydrogen (secondary N) is 1. The van der Waals surface area contributed by atoms with E-state index in [9.17, 15) is 9.18 Å².